The molecule has 0 saturated heterocycles. The summed E-state index contributed by atoms with van der Waals surface area (Å²) in [7, 11) is 1.46. The predicted octanol–water partition coefficient (Wildman–Crippen LogP) is 1.76. The third kappa shape index (κ3) is 4.79. The molecule has 2 rings (SSSR count). The number of aromatic nitrogens is 1. The first kappa shape index (κ1) is 17.0. The Kier molecular flexibility index (Phi) is 5.33. The lowest BCUT2D eigenvalue weighted by Crippen LogP contribution is -2.50. The summed E-state index contributed by atoms with van der Waals surface area (Å²) >= 11 is 0. The molecule has 23 heavy (non-hydrogen) atoms. The largest absolute Gasteiger partial charge is 0.481 e. The average Bonchev–Trinajstić information content (AvgIpc) is 2.87. The number of aryl methyl sites for hydroxylation is 1. The van der Waals surface area contributed by atoms with E-state index in [2.05, 4.69) is 10.3 Å². The van der Waals surface area contributed by atoms with Gasteiger partial charge in [0.1, 0.15) is 5.52 Å². The van der Waals surface area contributed by atoms with Crippen molar-refractivity contribution in [2.75, 3.05) is 13.7 Å². The number of nitrogens with zero attached hydrogens (tertiary/aromatic N) is 1. The average molecular weight is 320 g/mol. The highest BCUT2D eigenvalue weighted by Gasteiger charge is 2.29. The maximum Gasteiger partial charge on any atom is 0.305 e. The molecule has 2 aromatic rings. The smallest absolute Gasteiger partial charge is 0.305 e. The second-order valence-corrected chi connectivity index (χ2v) is 5.69. The number of carbonyl (C=O) groups is 2. The van der Waals surface area contributed by atoms with Crippen molar-refractivity contribution in [3.63, 3.8) is 0 Å². The number of aliphatic carboxylic acids is 1. The summed E-state index contributed by atoms with van der Waals surface area (Å²) in [5.41, 5.74) is 0.481. The van der Waals surface area contributed by atoms with Gasteiger partial charge >= 0.3 is 5.97 Å². The molecule has 0 aliphatic heterocycles. The lowest BCUT2D eigenvalue weighted by molar-refractivity contribution is -0.139. The Morgan fingerprint density at radius 1 is 1.39 bits per heavy atom. The van der Waals surface area contributed by atoms with E-state index >= 15 is 0 Å². The standard InChI is InChI=1S/C16H20N2O5/c1-16(10-22-2,9-15(20)21)18-13(19)7-8-14-17-11-5-3-4-6-12(11)23-14/h3-6H,7-10H2,1-2H3,(H,18,19)(H,20,21). The summed E-state index contributed by atoms with van der Waals surface area (Å²) in [6.07, 6.45) is 0.290. The Morgan fingerprint density at radius 2 is 2.13 bits per heavy atom. The number of benzene rings is 1. The van der Waals surface area contributed by atoms with E-state index < -0.39 is 11.5 Å². The van der Waals surface area contributed by atoms with Crippen LogP contribution in [-0.2, 0) is 20.7 Å². The fourth-order valence-electron chi connectivity index (χ4n) is 2.43. The first-order chi connectivity index (χ1) is 10.9. The lowest BCUT2D eigenvalue weighted by Gasteiger charge is -2.28. The highest BCUT2D eigenvalue weighted by molar-refractivity contribution is 5.78. The van der Waals surface area contributed by atoms with Gasteiger partial charge in [-0.25, -0.2) is 4.98 Å². The number of nitrogens with one attached hydrogen (secondary N) is 1. The number of rotatable bonds is 8. The molecular formula is C16H20N2O5. The van der Waals surface area contributed by atoms with E-state index in [0.717, 1.165) is 5.52 Å². The second-order valence-electron chi connectivity index (χ2n) is 5.69. The van der Waals surface area contributed by atoms with Crippen molar-refractivity contribution in [2.45, 2.75) is 31.7 Å². The predicted molar refractivity (Wildman–Crippen MR) is 83.0 cm³/mol. The van der Waals surface area contributed by atoms with Gasteiger partial charge in [-0.3, -0.25) is 9.59 Å². The molecule has 0 saturated carbocycles. The molecule has 1 aromatic heterocycles. The molecule has 1 atom stereocenters. The van der Waals surface area contributed by atoms with E-state index in [1.165, 1.54) is 7.11 Å². The maximum absolute atomic E-state index is 12.1. The molecule has 0 fully saturated rings. The zero-order valence-corrected chi connectivity index (χ0v) is 13.2. The van der Waals surface area contributed by atoms with Crippen molar-refractivity contribution in [2.24, 2.45) is 0 Å². The van der Waals surface area contributed by atoms with Gasteiger partial charge in [0.2, 0.25) is 5.91 Å². The second kappa shape index (κ2) is 7.23. The molecule has 1 heterocycles. The number of ether oxygens (including phenoxy) is 1. The van der Waals surface area contributed by atoms with E-state index in [1.807, 2.05) is 24.3 Å². The van der Waals surface area contributed by atoms with E-state index in [4.69, 9.17) is 14.3 Å². The molecule has 0 spiro atoms. The number of para-hydroxylation sites is 2. The van der Waals surface area contributed by atoms with Gasteiger partial charge in [0.25, 0.3) is 0 Å². The van der Waals surface area contributed by atoms with Crippen LogP contribution >= 0.6 is 0 Å². The van der Waals surface area contributed by atoms with E-state index in [-0.39, 0.29) is 25.4 Å². The van der Waals surface area contributed by atoms with Gasteiger partial charge < -0.3 is 19.6 Å². The summed E-state index contributed by atoms with van der Waals surface area (Å²) in [6.45, 7) is 1.76. The molecule has 0 radical (unpaired) electrons. The Balaban J connectivity index is 1.94. The first-order valence-corrected chi connectivity index (χ1v) is 7.28. The lowest BCUT2D eigenvalue weighted by atomic mass is 9.98. The van der Waals surface area contributed by atoms with Crippen molar-refractivity contribution in [3.05, 3.63) is 30.2 Å². The number of carboxylic acids is 1. The van der Waals surface area contributed by atoms with Crippen molar-refractivity contribution >= 4 is 23.0 Å². The van der Waals surface area contributed by atoms with Gasteiger partial charge in [-0.1, -0.05) is 12.1 Å². The minimum atomic E-state index is -0.996. The van der Waals surface area contributed by atoms with Crippen molar-refractivity contribution < 1.29 is 23.8 Å². The Labute approximate surface area is 133 Å². The molecule has 7 nitrogen and oxygen atoms in total. The van der Waals surface area contributed by atoms with Crippen LogP contribution in [0.1, 0.15) is 25.7 Å². The third-order valence-corrected chi connectivity index (χ3v) is 3.35. The number of oxazole rings is 1. The van der Waals surface area contributed by atoms with Gasteiger partial charge in [-0.15, -0.1) is 0 Å². The highest BCUT2D eigenvalue weighted by atomic mass is 16.5. The minimum absolute atomic E-state index is 0.119. The SMILES string of the molecule is COCC(C)(CC(=O)O)NC(=O)CCc1nc2ccccc2o1. The van der Waals surface area contributed by atoms with Crippen LogP contribution in [-0.4, -0.2) is 41.2 Å². The number of carboxylic acid groups (broad SMARTS) is 1. The van der Waals surface area contributed by atoms with E-state index in [0.29, 0.717) is 17.9 Å². The van der Waals surface area contributed by atoms with Crippen LogP contribution in [0.5, 0.6) is 0 Å². The summed E-state index contributed by atoms with van der Waals surface area (Å²) in [6, 6.07) is 7.37. The monoisotopic (exact) mass is 320 g/mol. The minimum Gasteiger partial charge on any atom is -0.481 e. The van der Waals surface area contributed by atoms with Gasteiger partial charge in [0.15, 0.2) is 11.5 Å². The Morgan fingerprint density at radius 3 is 2.78 bits per heavy atom. The Hall–Kier alpha value is -2.41. The maximum atomic E-state index is 12.1. The van der Waals surface area contributed by atoms with Crippen molar-refractivity contribution in [1.82, 2.24) is 10.3 Å². The summed E-state index contributed by atoms with van der Waals surface area (Å²) in [5, 5.41) is 11.7. The fourth-order valence-corrected chi connectivity index (χ4v) is 2.43. The summed E-state index contributed by atoms with van der Waals surface area (Å²) in [5.74, 6) is -0.787. The normalized spacial score (nSPS) is 13.7. The van der Waals surface area contributed by atoms with Crippen LogP contribution in [0, 0.1) is 0 Å². The number of carbonyl (C=O) groups excluding carboxylic acids is 1. The van der Waals surface area contributed by atoms with E-state index in [9.17, 15) is 9.59 Å². The highest BCUT2D eigenvalue weighted by Crippen LogP contribution is 2.16. The van der Waals surface area contributed by atoms with E-state index in [1.54, 1.807) is 6.92 Å². The van der Waals surface area contributed by atoms with Crippen LogP contribution in [0.25, 0.3) is 11.1 Å². The van der Waals surface area contributed by atoms with Gasteiger partial charge in [0.05, 0.1) is 18.6 Å². The van der Waals surface area contributed by atoms with Crippen LogP contribution < -0.4 is 5.32 Å². The van der Waals surface area contributed by atoms with Gasteiger partial charge in [0, 0.05) is 20.0 Å². The molecule has 0 bridgehead atoms. The van der Waals surface area contributed by atoms with Gasteiger partial charge in [-0.2, -0.15) is 0 Å². The summed E-state index contributed by atoms with van der Waals surface area (Å²) < 4.78 is 10.6. The first-order valence-electron chi connectivity index (χ1n) is 7.28. The fraction of sp³-hybridized carbons (Fsp3) is 0.438. The zero-order chi connectivity index (χ0) is 16.9. The molecule has 0 aliphatic carbocycles. The molecule has 1 aromatic carbocycles. The Bertz CT molecular complexity index is 664. The molecule has 2 N–H and O–H groups in total. The van der Waals surface area contributed by atoms with Crippen LogP contribution in [0.4, 0.5) is 0 Å². The van der Waals surface area contributed by atoms with Crippen LogP contribution in [0.2, 0.25) is 0 Å². The number of fused-ring (bicyclic) bond motifs is 1. The van der Waals surface area contributed by atoms with Crippen molar-refractivity contribution in [3.8, 4) is 0 Å². The topological polar surface area (TPSA) is 102 Å². The number of hydrogen-bond acceptors (Lipinski definition) is 5. The number of amides is 1. The molecule has 1 unspecified atom stereocenters. The van der Waals surface area contributed by atoms with Crippen molar-refractivity contribution in [1.29, 1.82) is 0 Å². The molecule has 7 heteroatoms. The summed E-state index contributed by atoms with van der Waals surface area (Å²) in [4.78, 5) is 27.3. The third-order valence-electron chi connectivity index (χ3n) is 3.35. The molecular weight excluding hydrogens is 300 g/mol. The number of hydrogen-bond donors (Lipinski definition) is 2. The molecule has 0 aliphatic rings. The quantitative estimate of drug-likeness (QED) is 0.768. The van der Waals surface area contributed by atoms with Crippen LogP contribution in [0.3, 0.4) is 0 Å². The molecule has 1 amide bonds. The zero-order valence-electron chi connectivity index (χ0n) is 13.2. The molecule has 124 valence electrons. The van der Waals surface area contributed by atoms with Crippen LogP contribution in [0.15, 0.2) is 28.7 Å². The van der Waals surface area contributed by atoms with Gasteiger partial charge in [-0.05, 0) is 19.1 Å². The number of methoxy groups -OCH3 is 1.